The van der Waals surface area contributed by atoms with Crippen molar-refractivity contribution < 1.29 is 14.3 Å². The summed E-state index contributed by atoms with van der Waals surface area (Å²) in [5.74, 6) is -1.50. The highest BCUT2D eigenvalue weighted by molar-refractivity contribution is 6.10. The Morgan fingerprint density at radius 2 is 2.27 bits per heavy atom. The molecule has 0 saturated heterocycles. The molecule has 5 heteroatoms. The van der Waals surface area contributed by atoms with Crippen LogP contribution in [0.5, 0.6) is 0 Å². The highest BCUT2D eigenvalue weighted by Gasteiger charge is 2.11. The first-order valence-corrected chi connectivity index (χ1v) is 4.31. The Kier molecular flexibility index (Phi) is 3.38. The summed E-state index contributed by atoms with van der Waals surface area (Å²) in [5, 5.41) is 18.8. The van der Waals surface area contributed by atoms with Crippen LogP contribution in [-0.4, -0.2) is 23.8 Å². The molecule has 0 radical (unpaired) electrons. The molecule has 1 aromatic carbocycles. The van der Waals surface area contributed by atoms with Crippen LogP contribution in [0.3, 0.4) is 0 Å². The van der Waals surface area contributed by atoms with Gasteiger partial charge >= 0.3 is 5.97 Å². The Balaban J connectivity index is 3.02. The van der Waals surface area contributed by atoms with Gasteiger partial charge in [-0.25, -0.2) is 4.39 Å². The van der Waals surface area contributed by atoms with E-state index >= 15 is 0 Å². The fourth-order valence-electron chi connectivity index (χ4n) is 1.23. The van der Waals surface area contributed by atoms with E-state index in [0.717, 1.165) is 0 Å². The summed E-state index contributed by atoms with van der Waals surface area (Å²) in [4.78, 5) is 10.4. The Morgan fingerprint density at radius 1 is 1.60 bits per heavy atom. The minimum Gasteiger partial charge on any atom is -0.481 e. The van der Waals surface area contributed by atoms with E-state index in [-0.39, 0.29) is 12.1 Å². The monoisotopic (exact) mass is 210 g/mol. The van der Waals surface area contributed by atoms with E-state index in [1.165, 1.54) is 18.2 Å². The molecular formula is C10H11FN2O2. The second kappa shape index (κ2) is 4.54. The summed E-state index contributed by atoms with van der Waals surface area (Å²) in [6.45, 7) is 0. The van der Waals surface area contributed by atoms with E-state index in [1.807, 2.05) is 0 Å². The fraction of sp³-hybridized carbons (Fsp3) is 0.200. The Hall–Kier alpha value is -1.91. The lowest BCUT2D eigenvalue weighted by atomic mass is 10.1. The summed E-state index contributed by atoms with van der Waals surface area (Å²) in [7, 11) is 1.59. The van der Waals surface area contributed by atoms with Gasteiger partial charge in [0, 0.05) is 18.3 Å². The molecule has 0 aliphatic carbocycles. The first-order chi connectivity index (χ1) is 7.04. The first kappa shape index (κ1) is 11.2. The molecule has 0 aliphatic rings. The third-order valence-electron chi connectivity index (χ3n) is 1.90. The molecular weight excluding hydrogens is 199 g/mol. The zero-order valence-electron chi connectivity index (χ0n) is 8.17. The average molecular weight is 210 g/mol. The van der Waals surface area contributed by atoms with Crippen LogP contribution in [0.15, 0.2) is 18.2 Å². The number of anilines is 1. The molecule has 1 rings (SSSR count). The lowest BCUT2D eigenvalue weighted by Crippen LogP contribution is -2.09. The van der Waals surface area contributed by atoms with Gasteiger partial charge in [-0.3, -0.25) is 4.79 Å². The van der Waals surface area contributed by atoms with Crippen LogP contribution in [0.1, 0.15) is 12.0 Å². The zero-order chi connectivity index (χ0) is 11.4. The SMILES string of the molecule is CNc1cc(F)ccc1C(=N)CC(=O)O. The smallest absolute Gasteiger partial charge is 0.309 e. The first-order valence-electron chi connectivity index (χ1n) is 4.31. The maximum absolute atomic E-state index is 12.8. The molecule has 1 aromatic rings. The van der Waals surface area contributed by atoms with Crippen molar-refractivity contribution >= 4 is 17.4 Å². The van der Waals surface area contributed by atoms with Crippen molar-refractivity contribution in [3.05, 3.63) is 29.6 Å². The van der Waals surface area contributed by atoms with Gasteiger partial charge in [-0.15, -0.1) is 0 Å². The molecule has 0 heterocycles. The number of hydrogen-bond acceptors (Lipinski definition) is 3. The molecule has 3 N–H and O–H groups in total. The predicted molar refractivity (Wildman–Crippen MR) is 55.0 cm³/mol. The molecule has 0 unspecified atom stereocenters. The molecule has 0 fully saturated rings. The van der Waals surface area contributed by atoms with Crippen molar-refractivity contribution in [1.82, 2.24) is 0 Å². The molecule has 0 amide bonds. The largest absolute Gasteiger partial charge is 0.481 e. The fourth-order valence-corrected chi connectivity index (χ4v) is 1.23. The lowest BCUT2D eigenvalue weighted by molar-refractivity contribution is -0.135. The molecule has 0 saturated carbocycles. The van der Waals surface area contributed by atoms with Crippen LogP contribution in [0.2, 0.25) is 0 Å². The predicted octanol–water partition coefficient (Wildman–Crippen LogP) is 1.71. The van der Waals surface area contributed by atoms with Crippen LogP contribution in [-0.2, 0) is 4.79 Å². The molecule has 0 atom stereocenters. The number of aliphatic carboxylic acids is 1. The molecule has 0 bridgehead atoms. The molecule has 0 spiro atoms. The van der Waals surface area contributed by atoms with Gasteiger partial charge in [0.1, 0.15) is 5.82 Å². The molecule has 4 nitrogen and oxygen atoms in total. The van der Waals surface area contributed by atoms with Crippen LogP contribution < -0.4 is 5.32 Å². The van der Waals surface area contributed by atoms with E-state index < -0.39 is 11.8 Å². The topological polar surface area (TPSA) is 73.2 Å². The van der Waals surface area contributed by atoms with E-state index in [1.54, 1.807) is 7.05 Å². The molecule has 15 heavy (non-hydrogen) atoms. The van der Waals surface area contributed by atoms with Crippen molar-refractivity contribution in [2.45, 2.75) is 6.42 Å². The summed E-state index contributed by atoms with van der Waals surface area (Å²) in [5.41, 5.74) is 0.773. The number of hydrogen-bond donors (Lipinski definition) is 3. The van der Waals surface area contributed by atoms with Gasteiger partial charge in [0.2, 0.25) is 0 Å². The van der Waals surface area contributed by atoms with Gasteiger partial charge in [0.05, 0.1) is 12.1 Å². The Morgan fingerprint density at radius 3 is 2.80 bits per heavy atom. The number of rotatable bonds is 4. The van der Waals surface area contributed by atoms with Gasteiger partial charge in [-0.2, -0.15) is 0 Å². The van der Waals surface area contributed by atoms with E-state index in [9.17, 15) is 9.18 Å². The van der Waals surface area contributed by atoms with Gasteiger partial charge in [0.25, 0.3) is 0 Å². The lowest BCUT2D eigenvalue weighted by Gasteiger charge is -2.08. The van der Waals surface area contributed by atoms with Crippen molar-refractivity contribution in [2.75, 3.05) is 12.4 Å². The Labute approximate surface area is 86.2 Å². The van der Waals surface area contributed by atoms with Crippen molar-refractivity contribution in [2.24, 2.45) is 0 Å². The number of halogens is 1. The zero-order valence-corrected chi connectivity index (χ0v) is 8.17. The maximum atomic E-state index is 12.8. The second-order valence-corrected chi connectivity index (χ2v) is 2.99. The van der Waals surface area contributed by atoms with E-state index in [0.29, 0.717) is 11.3 Å². The third kappa shape index (κ3) is 2.77. The number of nitrogens with one attached hydrogen (secondary N) is 2. The maximum Gasteiger partial charge on any atom is 0.309 e. The highest BCUT2D eigenvalue weighted by atomic mass is 19.1. The average Bonchev–Trinajstić information content (AvgIpc) is 2.16. The van der Waals surface area contributed by atoms with Crippen molar-refractivity contribution in [3.63, 3.8) is 0 Å². The molecule has 0 aliphatic heterocycles. The van der Waals surface area contributed by atoms with Crippen LogP contribution in [0.4, 0.5) is 10.1 Å². The minimum absolute atomic E-state index is 0.0492. The Bertz CT molecular complexity index is 404. The highest BCUT2D eigenvalue weighted by Crippen LogP contribution is 2.18. The summed E-state index contributed by atoms with van der Waals surface area (Å²) in [6, 6.07) is 3.82. The van der Waals surface area contributed by atoms with Gasteiger partial charge in [-0.1, -0.05) is 0 Å². The van der Waals surface area contributed by atoms with E-state index in [2.05, 4.69) is 5.32 Å². The van der Waals surface area contributed by atoms with Gasteiger partial charge in [-0.05, 0) is 18.2 Å². The second-order valence-electron chi connectivity index (χ2n) is 2.99. The van der Waals surface area contributed by atoms with Crippen LogP contribution in [0, 0.1) is 11.2 Å². The van der Waals surface area contributed by atoms with E-state index in [4.69, 9.17) is 10.5 Å². The third-order valence-corrected chi connectivity index (χ3v) is 1.90. The minimum atomic E-state index is -1.08. The van der Waals surface area contributed by atoms with Crippen LogP contribution >= 0.6 is 0 Å². The summed E-state index contributed by atoms with van der Waals surface area (Å²) >= 11 is 0. The van der Waals surface area contributed by atoms with Crippen molar-refractivity contribution in [3.8, 4) is 0 Å². The standard InChI is InChI=1S/C10H11FN2O2/c1-13-9-4-6(11)2-3-7(9)8(12)5-10(14)15/h2-4,12-13H,5H2,1H3,(H,14,15). The number of carboxylic acid groups (broad SMARTS) is 1. The molecule has 80 valence electrons. The molecule has 0 aromatic heterocycles. The van der Waals surface area contributed by atoms with Crippen molar-refractivity contribution in [1.29, 1.82) is 5.41 Å². The van der Waals surface area contributed by atoms with Crippen LogP contribution in [0.25, 0.3) is 0 Å². The number of benzene rings is 1. The number of carbonyl (C=O) groups is 1. The summed E-state index contributed by atoms with van der Waals surface area (Å²) in [6.07, 6.45) is -0.375. The number of carboxylic acids is 1. The normalized spacial score (nSPS) is 9.73. The van der Waals surface area contributed by atoms with Gasteiger partial charge < -0.3 is 15.8 Å². The van der Waals surface area contributed by atoms with Gasteiger partial charge in [0.15, 0.2) is 0 Å². The quantitative estimate of drug-likeness (QED) is 0.662. The summed E-state index contributed by atoms with van der Waals surface area (Å²) < 4.78 is 12.8.